The Bertz CT molecular complexity index is 797. The monoisotopic (exact) mass is 499 g/mol. The molecule has 7 heteroatoms. The number of rotatable bonds is 9. The van der Waals surface area contributed by atoms with E-state index in [4.69, 9.17) is 0 Å². The Morgan fingerprint density at radius 1 is 1.21 bits per heavy atom. The molecule has 0 spiro atoms. The van der Waals surface area contributed by atoms with Crippen LogP contribution in [0.3, 0.4) is 0 Å². The summed E-state index contributed by atoms with van der Waals surface area (Å²) in [5.74, 6) is 1.59. The number of aliphatic imine (C=N–C) groups is 1. The van der Waals surface area contributed by atoms with Gasteiger partial charge >= 0.3 is 0 Å². The third-order valence-corrected chi connectivity index (χ3v) is 5.58. The minimum atomic E-state index is -0.208. The molecule has 0 aliphatic heterocycles. The second kappa shape index (κ2) is 9.91. The van der Waals surface area contributed by atoms with Gasteiger partial charge in [0.05, 0.1) is 0 Å². The summed E-state index contributed by atoms with van der Waals surface area (Å²) in [6.45, 7) is 4.09. The fraction of sp³-hybridized carbons (Fsp3) is 0.571. The Morgan fingerprint density at radius 3 is 2.71 bits per heavy atom. The molecule has 2 fully saturated rings. The number of nitrogens with zero attached hydrogens (tertiary/aromatic N) is 2. The van der Waals surface area contributed by atoms with E-state index in [1.54, 1.807) is 6.07 Å². The largest absolute Gasteiger partial charge is 0.361 e. The average molecular weight is 499 g/mol. The zero-order chi connectivity index (χ0) is 18.6. The van der Waals surface area contributed by atoms with E-state index in [1.807, 2.05) is 19.3 Å². The maximum absolute atomic E-state index is 13.3. The standard InChI is InChI=1S/C21H30FN5.HI/c1-23-21(25-10-11-27(18-5-6-18)14-15-2-3-15)24-9-8-16-13-26-20-12-17(22)4-7-19(16)20;/h4,7,12-13,15,18,26H,2-3,5-6,8-11,14H2,1H3,(H2,23,24,25);1H. The first-order chi connectivity index (χ1) is 13.2. The van der Waals surface area contributed by atoms with Crippen LogP contribution in [0.1, 0.15) is 31.2 Å². The lowest BCUT2D eigenvalue weighted by Gasteiger charge is -2.22. The van der Waals surface area contributed by atoms with Crippen LogP contribution in [0.2, 0.25) is 0 Å². The molecule has 5 nitrogen and oxygen atoms in total. The Balaban J connectivity index is 0.00000225. The summed E-state index contributed by atoms with van der Waals surface area (Å²) in [6, 6.07) is 5.73. The Kier molecular flexibility index (Phi) is 7.56. The van der Waals surface area contributed by atoms with Crippen LogP contribution in [0.15, 0.2) is 29.4 Å². The van der Waals surface area contributed by atoms with E-state index in [9.17, 15) is 4.39 Å². The van der Waals surface area contributed by atoms with Crippen molar-refractivity contribution in [3.8, 4) is 0 Å². The maximum atomic E-state index is 13.3. The van der Waals surface area contributed by atoms with Crippen molar-refractivity contribution >= 4 is 40.8 Å². The molecule has 2 saturated carbocycles. The average Bonchev–Trinajstić information content (AvgIpc) is 3.58. The van der Waals surface area contributed by atoms with Gasteiger partial charge in [-0.05, 0) is 61.8 Å². The number of hydrogen-bond donors (Lipinski definition) is 3. The van der Waals surface area contributed by atoms with Gasteiger partial charge in [-0.3, -0.25) is 9.89 Å². The van der Waals surface area contributed by atoms with E-state index >= 15 is 0 Å². The lowest BCUT2D eigenvalue weighted by Crippen LogP contribution is -2.43. The molecule has 0 unspecified atom stereocenters. The van der Waals surface area contributed by atoms with Gasteiger partial charge in [-0.2, -0.15) is 0 Å². The van der Waals surface area contributed by atoms with E-state index in [0.29, 0.717) is 0 Å². The van der Waals surface area contributed by atoms with Crippen LogP contribution in [0.5, 0.6) is 0 Å². The molecule has 2 aliphatic carbocycles. The fourth-order valence-corrected chi connectivity index (χ4v) is 3.71. The minimum Gasteiger partial charge on any atom is -0.361 e. The van der Waals surface area contributed by atoms with Gasteiger partial charge < -0.3 is 15.6 Å². The molecule has 3 N–H and O–H groups in total. The van der Waals surface area contributed by atoms with Crippen molar-refractivity contribution in [2.45, 2.75) is 38.1 Å². The number of aromatic nitrogens is 1. The number of fused-ring (bicyclic) bond motifs is 1. The van der Waals surface area contributed by atoms with E-state index < -0.39 is 0 Å². The molecular weight excluding hydrogens is 468 g/mol. The fourth-order valence-electron chi connectivity index (χ4n) is 3.71. The minimum absolute atomic E-state index is 0. The van der Waals surface area contributed by atoms with Crippen LogP contribution >= 0.6 is 24.0 Å². The number of halogens is 2. The summed E-state index contributed by atoms with van der Waals surface area (Å²) < 4.78 is 13.3. The summed E-state index contributed by atoms with van der Waals surface area (Å²) in [5.41, 5.74) is 2.04. The molecule has 2 aliphatic rings. The maximum Gasteiger partial charge on any atom is 0.191 e. The molecule has 28 heavy (non-hydrogen) atoms. The van der Waals surface area contributed by atoms with Crippen LogP contribution in [-0.4, -0.2) is 55.1 Å². The normalized spacial score (nSPS) is 17.0. The molecule has 2 aromatic rings. The molecule has 0 saturated heterocycles. The van der Waals surface area contributed by atoms with E-state index in [0.717, 1.165) is 54.9 Å². The third-order valence-electron chi connectivity index (χ3n) is 5.58. The first-order valence-corrected chi connectivity index (χ1v) is 10.2. The number of guanidine groups is 1. The highest BCUT2D eigenvalue weighted by atomic mass is 127. The quantitative estimate of drug-likeness (QED) is 0.281. The zero-order valence-electron chi connectivity index (χ0n) is 16.5. The van der Waals surface area contributed by atoms with Gasteiger partial charge in [0.15, 0.2) is 5.96 Å². The van der Waals surface area contributed by atoms with Gasteiger partial charge in [0, 0.05) is 56.4 Å². The van der Waals surface area contributed by atoms with Crippen molar-refractivity contribution in [3.05, 3.63) is 35.8 Å². The third kappa shape index (κ3) is 5.83. The highest BCUT2D eigenvalue weighted by molar-refractivity contribution is 14.0. The van der Waals surface area contributed by atoms with E-state index in [1.165, 1.54) is 43.9 Å². The van der Waals surface area contributed by atoms with Crippen molar-refractivity contribution in [1.29, 1.82) is 0 Å². The van der Waals surface area contributed by atoms with Crippen molar-refractivity contribution in [1.82, 2.24) is 20.5 Å². The van der Waals surface area contributed by atoms with Crippen LogP contribution in [0, 0.1) is 11.7 Å². The van der Waals surface area contributed by atoms with Gasteiger partial charge in [0.2, 0.25) is 0 Å². The molecule has 1 aromatic carbocycles. The van der Waals surface area contributed by atoms with Crippen LogP contribution in [-0.2, 0) is 6.42 Å². The molecule has 1 heterocycles. The van der Waals surface area contributed by atoms with Gasteiger partial charge in [-0.1, -0.05) is 0 Å². The van der Waals surface area contributed by atoms with Crippen molar-refractivity contribution < 1.29 is 4.39 Å². The Hall–Kier alpha value is -1.35. The van der Waals surface area contributed by atoms with Crippen LogP contribution < -0.4 is 10.6 Å². The lowest BCUT2D eigenvalue weighted by molar-refractivity contribution is 0.256. The smallest absolute Gasteiger partial charge is 0.191 e. The van der Waals surface area contributed by atoms with Gasteiger partial charge in [-0.15, -0.1) is 24.0 Å². The molecule has 154 valence electrons. The second-order valence-electron chi connectivity index (χ2n) is 7.85. The summed E-state index contributed by atoms with van der Waals surface area (Å²) in [5, 5.41) is 7.91. The highest BCUT2D eigenvalue weighted by Gasteiger charge is 2.33. The van der Waals surface area contributed by atoms with Crippen LogP contribution in [0.4, 0.5) is 4.39 Å². The van der Waals surface area contributed by atoms with E-state index in [2.05, 4.69) is 25.5 Å². The number of aromatic amines is 1. The number of benzene rings is 1. The lowest BCUT2D eigenvalue weighted by atomic mass is 10.1. The Morgan fingerprint density at radius 2 is 2.00 bits per heavy atom. The molecule has 0 amide bonds. The van der Waals surface area contributed by atoms with E-state index in [-0.39, 0.29) is 29.8 Å². The molecule has 4 rings (SSSR count). The topological polar surface area (TPSA) is 55.5 Å². The van der Waals surface area contributed by atoms with Crippen molar-refractivity contribution in [3.63, 3.8) is 0 Å². The predicted molar refractivity (Wildman–Crippen MR) is 124 cm³/mol. The Labute approximate surface area is 183 Å². The van der Waals surface area contributed by atoms with Crippen molar-refractivity contribution in [2.24, 2.45) is 10.9 Å². The summed E-state index contributed by atoms with van der Waals surface area (Å²) in [7, 11) is 1.81. The summed E-state index contributed by atoms with van der Waals surface area (Å²) in [4.78, 5) is 10.1. The van der Waals surface area contributed by atoms with Crippen molar-refractivity contribution in [2.75, 3.05) is 33.2 Å². The number of nitrogens with one attached hydrogen (secondary N) is 3. The first kappa shape index (κ1) is 21.4. The molecular formula is C21H31FIN5. The molecule has 0 bridgehead atoms. The molecule has 1 aromatic heterocycles. The SMILES string of the molecule is CN=C(NCCc1c[nH]c2cc(F)ccc12)NCCN(CC1CC1)C1CC1.I. The van der Waals surface area contributed by atoms with Gasteiger partial charge in [0.1, 0.15) is 5.82 Å². The van der Waals surface area contributed by atoms with Crippen LogP contribution in [0.25, 0.3) is 10.9 Å². The van der Waals surface area contributed by atoms with Gasteiger partial charge in [-0.25, -0.2) is 4.39 Å². The first-order valence-electron chi connectivity index (χ1n) is 10.2. The molecule has 0 radical (unpaired) electrons. The predicted octanol–water partition coefficient (Wildman–Crippen LogP) is 3.51. The summed E-state index contributed by atoms with van der Waals surface area (Å²) in [6.07, 6.45) is 8.40. The summed E-state index contributed by atoms with van der Waals surface area (Å²) >= 11 is 0. The van der Waals surface area contributed by atoms with Gasteiger partial charge in [0.25, 0.3) is 0 Å². The number of H-pyrrole nitrogens is 1. The highest BCUT2D eigenvalue weighted by Crippen LogP contribution is 2.34. The number of hydrogen-bond acceptors (Lipinski definition) is 2. The zero-order valence-corrected chi connectivity index (χ0v) is 18.8. The second-order valence-corrected chi connectivity index (χ2v) is 7.85. The molecule has 0 atom stereocenters.